The Morgan fingerprint density at radius 3 is 2.67 bits per heavy atom. The molecule has 1 rings (SSSR count). The zero-order valence-corrected chi connectivity index (χ0v) is 12.9. The van der Waals surface area contributed by atoms with Crippen molar-refractivity contribution < 1.29 is 14.6 Å². The highest BCUT2D eigenvalue weighted by atomic mass is 32.1. The lowest BCUT2D eigenvalue weighted by atomic mass is 10.2. The lowest BCUT2D eigenvalue weighted by Crippen LogP contribution is -2.41. The maximum atomic E-state index is 11.6. The predicted octanol–water partition coefficient (Wildman–Crippen LogP) is 1.47. The Morgan fingerprint density at radius 2 is 2.10 bits per heavy atom. The number of aliphatic hydroxyl groups excluding tert-OH is 1. The summed E-state index contributed by atoms with van der Waals surface area (Å²) in [4.78, 5) is 11.6. The van der Waals surface area contributed by atoms with E-state index < -0.39 is 6.10 Å². The van der Waals surface area contributed by atoms with Gasteiger partial charge in [0.25, 0.3) is 0 Å². The summed E-state index contributed by atoms with van der Waals surface area (Å²) in [5.74, 6) is 0.467. The highest BCUT2D eigenvalue weighted by molar-refractivity contribution is 7.80. The molecule has 5 nitrogen and oxygen atoms in total. The summed E-state index contributed by atoms with van der Waals surface area (Å²) >= 11 is 4.92. The fourth-order valence-electron chi connectivity index (χ4n) is 1.45. The van der Waals surface area contributed by atoms with Crippen LogP contribution in [0.1, 0.15) is 19.4 Å². The molecule has 21 heavy (non-hydrogen) atoms. The number of hydrogen-bond acceptors (Lipinski definition) is 4. The summed E-state index contributed by atoms with van der Waals surface area (Å²) < 4.78 is 5.34. The smallest absolute Gasteiger partial charge is 0.250 e. The molecule has 1 atom stereocenters. The van der Waals surface area contributed by atoms with E-state index in [2.05, 4.69) is 10.6 Å². The van der Waals surface area contributed by atoms with Crippen LogP contribution in [0.15, 0.2) is 30.3 Å². The molecule has 0 aliphatic heterocycles. The van der Waals surface area contributed by atoms with Crippen LogP contribution in [-0.4, -0.2) is 35.4 Å². The molecule has 1 unspecified atom stereocenters. The number of carbonyl (C=O) groups is 1. The molecule has 1 aromatic rings. The summed E-state index contributed by atoms with van der Waals surface area (Å²) in [5, 5.41) is 14.5. The molecule has 0 heterocycles. The molecule has 0 saturated carbocycles. The van der Waals surface area contributed by atoms with Gasteiger partial charge in [0.2, 0.25) is 5.91 Å². The second kappa shape index (κ2) is 9.10. The van der Waals surface area contributed by atoms with Crippen molar-refractivity contribution in [2.45, 2.75) is 20.0 Å². The maximum absolute atomic E-state index is 11.6. The minimum Gasteiger partial charge on any atom is -0.494 e. The Labute approximate surface area is 130 Å². The van der Waals surface area contributed by atoms with E-state index in [0.717, 1.165) is 11.3 Å². The van der Waals surface area contributed by atoms with E-state index in [9.17, 15) is 4.79 Å². The van der Waals surface area contributed by atoms with Crippen LogP contribution in [0.3, 0.4) is 0 Å². The van der Waals surface area contributed by atoms with Crippen LogP contribution >= 0.6 is 12.2 Å². The summed E-state index contributed by atoms with van der Waals surface area (Å²) in [6, 6.07) is 7.41. The van der Waals surface area contributed by atoms with Crippen molar-refractivity contribution >= 4 is 29.3 Å². The monoisotopic (exact) mass is 308 g/mol. The van der Waals surface area contributed by atoms with Gasteiger partial charge in [-0.3, -0.25) is 10.1 Å². The standard InChI is InChI=1S/C15H20N2O3S/c1-3-20-13-7-4-12(5-8-13)6-9-14(19)17-15(21)16-10-11(2)18/h4-9,11,18H,3,10H2,1-2H3,(H2,16,17,19,21)/b9-6+. The Bertz CT molecular complexity index is 498. The van der Waals surface area contributed by atoms with E-state index in [1.807, 2.05) is 31.2 Å². The molecule has 0 fully saturated rings. The van der Waals surface area contributed by atoms with Gasteiger partial charge in [0, 0.05) is 12.6 Å². The fourth-order valence-corrected chi connectivity index (χ4v) is 1.64. The number of benzene rings is 1. The molecular weight excluding hydrogens is 288 g/mol. The van der Waals surface area contributed by atoms with Crippen LogP contribution in [0.2, 0.25) is 0 Å². The number of amides is 1. The van der Waals surface area contributed by atoms with Gasteiger partial charge >= 0.3 is 0 Å². The Hall–Kier alpha value is -1.92. The molecular formula is C15H20N2O3S. The van der Waals surface area contributed by atoms with Gasteiger partial charge in [-0.15, -0.1) is 0 Å². The van der Waals surface area contributed by atoms with Gasteiger partial charge in [0.1, 0.15) is 5.75 Å². The largest absolute Gasteiger partial charge is 0.494 e. The van der Waals surface area contributed by atoms with Crippen molar-refractivity contribution in [2.24, 2.45) is 0 Å². The topological polar surface area (TPSA) is 70.6 Å². The van der Waals surface area contributed by atoms with E-state index in [-0.39, 0.29) is 11.0 Å². The second-order valence-electron chi connectivity index (χ2n) is 4.38. The molecule has 1 amide bonds. The molecule has 6 heteroatoms. The summed E-state index contributed by atoms with van der Waals surface area (Å²) in [7, 11) is 0. The number of thiocarbonyl (C=S) groups is 1. The van der Waals surface area contributed by atoms with Crippen LogP contribution in [0.25, 0.3) is 6.08 Å². The van der Waals surface area contributed by atoms with Crippen LogP contribution in [0.4, 0.5) is 0 Å². The van der Waals surface area contributed by atoms with Crippen LogP contribution < -0.4 is 15.4 Å². The van der Waals surface area contributed by atoms with E-state index in [4.69, 9.17) is 22.1 Å². The van der Waals surface area contributed by atoms with Crippen molar-refractivity contribution in [3.05, 3.63) is 35.9 Å². The van der Waals surface area contributed by atoms with Crippen molar-refractivity contribution in [1.29, 1.82) is 0 Å². The Kier molecular flexibility index (Phi) is 7.42. The van der Waals surface area contributed by atoms with Gasteiger partial charge in [0.15, 0.2) is 5.11 Å². The van der Waals surface area contributed by atoms with Gasteiger partial charge in [-0.2, -0.15) is 0 Å². The molecule has 0 aliphatic carbocycles. The third-order valence-corrected chi connectivity index (χ3v) is 2.66. The number of rotatable bonds is 6. The van der Waals surface area contributed by atoms with Crippen molar-refractivity contribution in [1.82, 2.24) is 10.6 Å². The van der Waals surface area contributed by atoms with Crippen molar-refractivity contribution in [3.63, 3.8) is 0 Å². The summed E-state index contributed by atoms with van der Waals surface area (Å²) in [6.45, 7) is 4.46. The fraction of sp³-hybridized carbons (Fsp3) is 0.333. The van der Waals surface area contributed by atoms with Crippen LogP contribution in [0, 0.1) is 0 Å². The van der Waals surface area contributed by atoms with E-state index in [1.54, 1.807) is 13.0 Å². The number of ether oxygens (including phenoxy) is 1. The number of nitrogens with one attached hydrogen (secondary N) is 2. The third kappa shape index (κ3) is 7.43. The van der Waals surface area contributed by atoms with Crippen molar-refractivity contribution in [3.8, 4) is 5.75 Å². The second-order valence-corrected chi connectivity index (χ2v) is 4.79. The highest BCUT2D eigenvalue weighted by Crippen LogP contribution is 2.12. The first-order valence-corrected chi connectivity index (χ1v) is 7.10. The summed E-state index contributed by atoms with van der Waals surface area (Å²) in [5.41, 5.74) is 0.886. The number of aliphatic hydroxyl groups is 1. The molecule has 0 bridgehead atoms. The maximum Gasteiger partial charge on any atom is 0.250 e. The average Bonchev–Trinajstić information content (AvgIpc) is 2.45. The molecule has 0 spiro atoms. The first-order valence-electron chi connectivity index (χ1n) is 6.69. The van der Waals surface area contributed by atoms with Crippen molar-refractivity contribution in [2.75, 3.05) is 13.2 Å². The third-order valence-electron chi connectivity index (χ3n) is 2.41. The summed E-state index contributed by atoms with van der Waals surface area (Å²) in [6.07, 6.45) is 2.55. The minimum absolute atomic E-state index is 0.192. The molecule has 3 N–H and O–H groups in total. The quantitative estimate of drug-likeness (QED) is 0.548. The minimum atomic E-state index is -0.528. The molecule has 1 aromatic carbocycles. The van der Waals surface area contributed by atoms with Gasteiger partial charge in [-0.25, -0.2) is 0 Å². The van der Waals surface area contributed by atoms with Gasteiger partial charge < -0.3 is 15.2 Å². The molecule has 0 saturated heterocycles. The van der Waals surface area contributed by atoms with Gasteiger partial charge in [-0.05, 0) is 49.8 Å². The predicted molar refractivity (Wildman–Crippen MR) is 87.1 cm³/mol. The zero-order valence-electron chi connectivity index (χ0n) is 12.1. The first kappa shape index (κ1) is 17.1. The molecule has 0 radical (unpaired) electrons. The Balaban J connectivity index is 2.44. The lowest BCUT2D eigenvalue weighted by molar-refractivity contribution is -0.115. The SMILES string of the molecule is CCOc1ccc(/C=C/C(=O)NC(=S)NCC(C)O)cc1. The lowest BCUT2D eigenvalue weighted by Gasteiger charge is -2.09. The van der Waals surface area contributed by atoms with Crippen LogP contribution in [0.5, 0.6) is 5.75 Å². The van der Waals surface area contributed by atoms with Gasteiger partial charge in [-0.1, -0.05) is 12.1 Å². The van der Waals surface area contributed by atoms with E-state index >= 15 is 0 Å². The van der Waals surface area contributed by atoms with Gasteiger partial charge in [0.05, 0.1) is 12.7 Å². The average molecular weight is 308 g/mol. The number of hydrogen-bond donors (Lipinski definition) is 3. The van der Waals surface area contributed by atoms with E-state index in [1.165, 1.54) is 6.08 Å². The van der Waals surface area contributed by atoms with Crippen LogP contribution in [-0.2, 0) is 4.79 Å². The first-order chi connectivity index (χ1) is 10.0. The molecule has 114 valence electrons. The normalized spacial score (nSPS) is 12.0. The number of carbonyl (C=O) groups excluding carboxylic acids is 1. The molecule has 0 aliphatic rings. The van der Waals surface area contributed by atoms with E-state index in [0.29, 0.717) is 13.2 Å². The highest BCUT2D eigenvalue weighted by Gasteiger charge is 2.02. The molecule has 0 aromatic heterocycles. The Morgan fingerprint density at radius 1 is 1.43 bits per heavy atom. The zero-order chi connectivity index (χ0) is 15.7.